The summed E-state index contributed by atoms with van der Waals surface area (Å²) in [5.74, 6) is 0.724. The SMILES string of the molecule is Cl.O=C(CNCC1CC1)Nc1ccc(NC(=O)N2CCCCCC2)cc1. The molecule has 144 valence electrons. The third-order valence-corrected chi connectivity index (χ3v) is 4.73. The van der Waals surface area contributed by atoms with Crippen LogP contribution in [-0.4, -0.2) is 43.0 Å². The van der Waals surface area contributed by atoms with Crippen molar-refractivity contribution in [1.82, 2.24) is 10.2 Å². The van der Waals surface area contributed by atoms with E-state index in [0.717, 1.165) is 49.8 Å². The van der Waals surface area contributed by atoms with E-state index >= 15 is 0 Å². The van der Waals surface area contributed by atoms with Crippen LogP contribution >= 0.6 is 12.4 Å². The maximum absolute atomic E-state index is 12.3. The summed E-state index contributed by atoms with van der Waals surface area (Å²) in [5, 5.41) is 8.97. The van der Waals surface area contributed by atoms with Crippen LogP contribution in [0.5, 0.6) is 0 Å². The van der Waals surface area contributed by atoms with Crippen molar-refractivity contribution < 1.29 is 9.59 Å². The number of nitrogens with one attached hydrogen (secondary N) is 3. The fraction of sp³-hybridized carbons (Fsp3) is 0.579. The van der Waals surface area contributed by atoms with Crippen molar-refractivity contribution in [2.75, 3.05) is 36.8 Å². The van der Waals surface area contributed by atoms with Crippen LogP contribution in [0.4, 0.5) is 16.2 Å². The molecule has 2 aliphatic rings. The number of nitrogens with zero attached hydrogens (tertiary/aromatic N) is 1. The van der Waals surface area contributed by atoms with Gasteiger partial charge in [-0.15, -0.1) is 12.4 Å². The molecule has 0 aromatic heterocycles. The molecule has 1 saturated heterocycles. The highest BCUT2D eigenvalue weighted by Gasteiger charge is 2.20. The van der Waals surface area contributed by atoms with Gasteiger partial charge in [-0.3, -0.25) is 4.79 Å². The van der Waals surface area contributed by atoms with Gasteiger partial charge in [0.1, 0.15) is 0 Å². The number of carbonyl (C=O) groups excluding carboxylic acids is 2. The van der Waals surface area contributed by atoms with Crippen molar-refractivity contribution in [3.8, 4) is 0 Å². The van der Waals surface area contributed by atoms with E-state index in [2.05, 4.69) is 16.0 Å². The molecule has 1 aromatic rings. The Morgan fingerprint density at radius 2 is 1.50 bits per heavy atom. The number of hydrogen-bond acceptors (Lipinski definition) is 3. The van der Waals surface area contributed by atoms with Crippen molar-refractivity contribution >= 4 is 35.7 Å². The van der Waals surface area contributed by atoms with Gasteiger partial charge in [-0.1, -0.05) is 12.8 Å². The van der Waals surface area contributed by atoms with Gasteiger partial charge in [-0.05, 0) is 62.4 Å². The van der Waals surface area contributed by atoms with Crippen LogP contribution < -0.4 is 16.0 Å². The Labute approximate surface area is 161 Å². The first-order chi connectivity index (χ1) is 12.2. The van der Waals surface area contributed by atoms with E-state index in [4.69, 9.17) is 0 Å². The zero-order valence-electron chi connectivity index (χ0n) is 15.1. The van der Waals surface area contributed by atoms with E-state index in [-0.39, 0.29) is 24.3 Å². The molecule has 3 rings (SSSR count). The molecule has 0 atom stereocenters. The van der Waals surface area contributed by atoms with Crippen LogP contribution in [0.25, 0.3) is 0 Å². The zero-order chi connectivity index (χ0) is 17.5. The van der Waals surface area contributed by atoms with Gasteiger partial charge in [0.05, 0.1) is 6.54 Å². The molecular weight excluding hydrogens is 352 g/mol. The van der Waals surface area contributed by atoms with Gasteiger partial charge in [0.25, 0.3) is 0 Å². The van der Waals surface area contributed by atoms with Crippen LogP contribution in [0.2, 0.25) is 0 Å². The van der Waals surface area contributed by atoms with Crippen LogP contribution in [0.3, 0.4) is 0 Å². The van der Waals surface area contributed by atoms with Crippen molar-refractivity contribution in [3.63, 3.8) is 0 Å². The third kappa shape index (κ3) is 6.84. The molecule has 3 amide bonds. The fourth-order valence-electron chi connectivity index (χ4n) is 3.03. The van der Waals surface area contributed by atoms with Crippen molar-refractivity contribution in [2.24, 2.45) is 5.92 Å². The largest absolute Gasteiger partial charge is 0.325 e. The minimum absolute atomic E-state index is 0. The minimum atomic E-state index is -0.0398. The van der Waals surface area contributed by atoms with E-state index in [1.807, 2.05) is 29.2 Å². The maximum atomic E-state index is 12.3. The second-order valence-corrected chi connectivity index (χ2v) is 7.03. The molecule has 6 nitrogen and oxygen atoms in total. The maximum Gasteiger partial charge on any atom is 0.321 e. The Morgan fingerprint density at radius 1 is 0.923 bits per heavy atom. The van der Waals surface area contributed by atoms with E-state index in [0.29, 0.717) is 6.54 Å². The summed E-state index contributed by atoms with van der Waals surface area (Å²) in [4.78, 5) is 26.0. The number of hydrogen-bond donors (Lipinski definition) is 3. The topological polar surface area (TPSA) is 73.5 Å². The summed E-state index contributed by atoms with van der Waals surface area (Å²) >= 11 is 0. The second-order valence-electron chi connectivity index (χ2n) is 7.03. The van der Waals surface area contributed by atoms with Crippen molar-refractivity contribution in [2.45, 2.75) is 38.5 Å². The summed E-state index contributed by atoms with van der Waals surface area (Å²) in [5.41, 5.74) is 1.49. The molecule has 1 aliphatic heterocycles. The Kier molecular flexibility index (Phi) is 8.19. The highest BCUT2D eigenvalue weighted by atomic mass is 35.5. The van der Waals surface area contributed by atoms with Crippen LogP contribution in [0.1, 0.15) is 38.5 Å². The van der Waals surface area contributed by atoms with Crippen LogP contribution in [0, 0.1) is 5.92 Å². The lowest BCUT2D eigenvalue weighted by molar-refractivity contribution is -0.115. The standard InChI is InChI=1S/C19H28N4O2.ClH/c24-18(14-20-13-15-5-6-15)21-16-7-9-17(10-8-16)22-19(25)23-11-3-1-2-4-12-23;/h7-10,15,20H,1-6,11-14H2,(H,21,24)(H,22,25);1H. The van der Waals surface area contributed by atoms with E-state index in [1.165, 1.54) is 25.7 Å². The first-order valence-electron chi connectivity index (χ1n) is 9.37. The zero-order valence-corrected chi connectivity index (χ0v) is 15.9. The Morgan fingerprint density at radius 3 is 2.08 bits per heavy atom. The van der Waals surface area contributed by atoms with Gasteiger partial charge in [0, 0.05) is 24.5 Å². The molecule has 26 heavy (non-hydrogen) atoms. The summed E-state index contributed by atoms with van der Waals surface area (Å²) in [6.07, 6.45) is 7.11. The molecule has 1 aliphatic carbocycles. The van der Waals surface area contributed by atoms with E-state index in [9.17, 15) is 9.59 Å². The quantitative estimate of drug-likeness (QED) is 0.707. The van der Waals surface area contributed by atoms with Crippen LogP contribution in [-0.2, 0) is 4.79 Å². The Bertz CT molecular complexity index is 582. The molecule has 3 N–H and O–H groups in total. The van der Waals surface area contributed by atoms with Gasteiger partial charge >= 0.3 is 6.03 Å². The summed E-state index contributed by atoms with van der Waals surface area (Å²) in [6, 6.07) is 7.24. The lowest BCUT2D eigenvalue weighted by atomic mass is 10.2. The van der Waals surface area contributed by atoms with Gasteiger partial charge in [-0.25, -0.2) is 4.79 Å². The molecule has 0 unspecified atom stereocenters. The molecule has 7 heteroatoms. The number of rotatable bonds is 6. The predicted molar refractivity (Wildman–Crippen MR) is 107 cm³/mol. The highest BCUT2D eigenvalue weighted by molar-refractivity contribution is 5.93. The number of carbonyl (C=O) groups is 2. The lowest BCUT2D eigenvalue weighted by Gasteiger charge is -2.20. The van der Waals surface area contributed by atoms with Crippen molar-refractivity contribution in [1.29, 1.82) is 0 Å². The molecule has 0 bridgehead atoms. The number of amides is 3. The minimum Gasteiger partial charge on any atom is -0.325 e. The van der Waals surface area contributed by atoms with Gasteiger partial charge < -0.3 is 20.9 Å². The molecule has 2 fully saturated rings. The fourth-order valence-corrected chi connectivity index (χ4v) is 3.03. The first kappa shape index (κ1) is 20.5. The average Bonchev–Trinajstić information content (AvgIpc) is 3.43. The number of benzene rings is 1. The smallest absolute Gasteiger partial charge is 0.321 e. The number of anilines is 2. The molecule has 1 aromatic carbocycles. The monoisotopic (exact) mass is 380 g/mol. The van der Waals surface area contributed by atoms with E-state index in [1.54, 1.807) is 0 Å². The molecule has 0 radical (unpaired) electrons. The highest BCUT2D eigenvalue weighted by Crippen LogP contribution is 2.27. The van der Waals surface area contributed by atoms with Crippen LogP contribution in [0.15, 0.2) is 24.3 Å². The molecular formula is C19H29ClN4O2. The van der Waals surface area contributed by atoms with Gasteiger partial charge in [0.15, 0.2) is 0 Å². The molecule has 1 heterocycles. The Hall–Kier alpha value is -1.79. The Balaban J connectivity index is 0.00000243. The van der Waals surface area contributed by atoms with Gasteiger partial charge in [-0.2, -0.15) is 0 Å². The second kappa shape index (κ2) is 10.4. The number of likely N-dealkylation sites (tertiary alicyclic amines) is 1. The number of halogens is 1. The lowest BCUT2D eigenvalue weighted by Crippen LogP contribution is -2.35. The first-order valence-corrected chi connectivity index (χ1v) is 9.37. The van der Waals surface area contributed by atoms with Crippen molar-refractivity contribution in [3.05, 3.63) is 24.3 Å². The third-order valence-electron chi connectivity index (χ3n) is 4.73. The van der Waals surface area contributed by atoms with E-state index < -0.39 is 0 Å². The predicted octanol–water partition coefficient (Wildman–Crippen LogP) is 3.45. The summed E-state index contributed by atoms with van der Waals surface area (Å²) in [7, 11) is 0. The molecule has 0 spiro atoms. The van der Waals surface area contributed by atoms with Gasteiger partial charge in [0.2, 0.25) is 5.91 Å². The molecule has 1 saturated carbocycles. The normalized spacial score (nSPS) is 17.0. The summed E-state index contributed by atoms with van der Waals surface area (Å²) < 4.78 is 0. The summed E-state index contributed by atoms with van der Waals surface area (Å²) in [6.45, 7) is 2.92. The average molecular weight is 381 g/mol. The number of urea groups is 1.